The van der Waals surface area contributed by atoms with Gasteiger partial charge in [0.05, 0.1) is 35.9 Å². The van der Waals surface area contributed by atoms with E-state index in [1.807, 2.05) is 54.6 Å². The van der Waals surface area contributed by atoms with Crippen LogP contribution in [0, 0.1) is 11.3 Å². The Balaban J connectivity index is 0.000000278. The second kappa shape index (κ2) is 18.8. The molecule has 0 atom stereocenters. The van der Waals surface area contributed by atoms with Crippen molar-refractivity contribution in [1.29, 1.82) is 5.26 Å². The first-order chi connectivity index (χ1) is 20.8. The van der Waals surface area contributed by atoms with Crippen LogP contribution in [0.4, 0.5) is 5.82 Å². The second-order valence-electron chi connectivity index (χ2n) is 8.90. The molecular formula is C32H32Cl4N6O2. The molecule has 5 rings (SSSR count). The highest BCUT2D eigenvalue weighted by atomic mass is 35.5. The predicted octanol–water partition coefficient (Wildman–Crippen LogP) is 7.80. The molecule has 4 aromatic carbocycles. The van der Waals surface area contributed by atoms with E-state index in [4.69, 9.17) is 61.0 Å². The highest BCUT2D eigenvalue weighted by molar-refractivity contribution is 6.34. The zero-order chi connectivity index (χ0) is 31.2. The lowest BCUT2D eigenvalue weighted by Crippen LogP contribution is -2.04. The Kier molecular flexibility index (Phi) is 15.5. The number of halogens is 4. The molecule has 5 aromatic rings. The van der Waals surface area contributed by atoms with Gasteiger partial charge in [-0.25, -0.2) is 0 Å². The van der Waals surface area contributed by atoms with E-state index >= 15 is 0 Å². The standard InChI is InChI=1S/C17H12Cl2N4O.C8H10ClNO.C7H9N.ClH/c1-24-15-7-11(3-5-14(15)18)9-21-17-13-6-10(8-20)2-4-12(13)16(19)22-23-17;1-11-8-4-6(5-10)2-3-7(8)9;8-6-7-4-2-1-3-5-7;/h2-7H,9H2,1H3,(H,21,23);2-4H,5,10H2,1H3;1-5H,6,8H2;1H. The number of nitriles is 1. The van der Waals surface area contributed by atoms with Crippen molar-refractivity contribution in [2.45, 2.75) is 19.6 Å². The molecule has 1 aromatic heterocycles. The molecular weight excluding hydrogens is 642 g/mol. The quantitative estimate of drug-likeness (QED) is 0.159. The zero-order valence-corrected chi connectivity index (χ0v) is 27.1. The fourth-order valence-corrected chi connectivity index (χ4v) is 4.36. The topological polar surface area (TPSA) is 132 Å². The summed E-state index contributed by atoms with van der Waals surface area (Å²) in [5, 5.41) is 23.3. The number of hydrogen-bond donors (Lipinski definition) is 3. The maximum atomic E-state index is 9.08. The van der Waals surface area contributed by atoms with Crippen LogP contribution < -0.4 is 26.3 Å². The van der Waals surface area contributed by atoms with Crippen molar-refractivity contribution >= 4 is 63.8 Å². The Bertz CT molecular complexity index is 1680. The Morgan fingerprint density at radius 2 is 1.32 bits per heavy atom. The average Bonchev–Trinajstić information content (AvgIpc) is 3.06. The Morgan fingerprint density at radius 3 is 1.86 bits per heavy atom. The lowest BCUT2D eigenvalue weighted by atomic mass is 10.1. The van der Waals surface area contributed by atoms with Crippen LogP contribution in [0.15, 0.2) is 84.9 Å². The molecule has 0 saturated carbocycles. The monoisotopic (exact) mass is 672 g/mol. The minimum absolute atomic E-state index is 0. The summed E-state index contributed by atoms with van der Waals surface area (Å²) in [6, 6.07) is 28.3. The molecule has 0 saturated heterocycles. The van der Waals surface area contributed by atoms with Gasteiger partial charge in [-0.05, 0) is 59.2 Å². The molecule has 0 spiro atoms. The number of fused-ring (bicyclic) bond motifs is 1. The fourth-order valence-electron chi connectivity index (χ4n) is 3.77. The lowest BCUT2D eigenvalue weighted by Gasteiger charge is -2.10. The molecule has 5 N–H and O–H groups in total. The van der Waals surface area contributed by atoms with Gasteiger partial charge >= 0.3 is 0 Å². The first-order valence-electron chi connectivity index (χ1n) is 13.0. The number of aromatic nitrogens is 2. The predicted molar refractivity (Wildman–Crippen MR) is 182 cm³/mol. The van der Waals surface area contributed by atoms with E-state index in [1.54, 1.807) is 44.6 Å². The summed E-state index contributed by atoms with van der Waals surface area (Å²) in [5.74, 6) is 1.84. The summed E-state index contributed by atoms with van der Waals surface area (Å²) in [7, 11) is 3.15. The van der Waals surface area contributed by atoms with E-state index in [0.29, 0.717) is 57.7 Å². The SMILES string of the molecule is COc1cc(CN)ccc1Cl.COc1cc(CNc2nnc(Cl)c3ccc(C#N)cc23)ccc1Cl.Cl.NCc1ccccc1. The minimum Gasteiger partial charge on any atom is -0.495 e. The van der Waals surface area contributed by atoms with Crippen LogP contribution in [0.2, 0.25) is 15.2 Å². The van der Waals surface area contributed by atoms with Crippen LogP contribution in [-0.2, 0) is 19.6 Å². The van der Waals surface area contributed by atoms with Crippen LogP contribution in [-0.4, -0.2) is 24.4 Å². The lowest BCUT2D eigenvalue weighted by molar-refractivity contribution is 0.414. The van der Waals surface area contributed by atoms with Gasteiger partial charge in [0.1, 0.15) is 11.5 Å². The highest BCUT2D eigenvalue weighted by Gasteiger charge is 2.10. The van der Waals surface area contributed by atoms with Crippen LogP contribution in [0.5, 0.6) is 11.5 Å². The third-order valence-electron chi connectivity index (χ3n) is 6.07. The Labute approximate surface area is 278 Å². The van der Waals surface area contributed by atoms with Crippen molar-refractivity contribution in [3.8, 4) is 17.6 Å². The van der Waals surface area contributed by atoms with E-state index in [1.165, 1.54) is 5.56 Å². The van der Waals surface area contributed by atoms with Gasteiger partial charge in [-0.3, -0.25) is 0 Å². The van der Waals surface area contributed by atoms with Crippen molar-refractivity contribution in [2.75, 3.05) is 19.5 Å². The van der Waals surface area contributed by atoms with E-state index in [2.05, 4.69) is 21.6 Å². The van der Waals surface area contributed by atoms with Gasteiger partial charge in [-0.2, -0.15) is 5.26 Å². The molecule has 0 aliphatic heterocycles. The Morgan fingerprint density at radius 1 is 0.727 bits per heavy atom. The number of nitrogens with one attached hydrogen (secondary N) is 1. The summed E-state index contributed by atoms with van der Waals surface area (Å²) < 4.78 is 10.2. The first kappa shape index (κ1) is 36.4. The molecule has 8 nitrogen and oxygen atoms in total. The molecule has 0 amide bonds. The summed E-state index contributed by atoms with van der Waals surface area (Å²) >= 11 is 17.9. The van der Waals surface area contributed by atoms with Crippen LogP contribution in [0.3, 0.4) is 0 Å². The molecule has 1 heterocycles. The molecule has 44 heavy (non-hydrogen) atoms. The number of anilines is 1. The number of nitrogens with two attached hydrogens (primary N) is 2. The summed E-state index contributed by atoms with van der Waals surface area (Å²) in [5.41, 5.74) is 14.5. The largest absolute Gasteiger partial charge is 0.495 e. The minimum atomic E-state index is 0. The van der Waals surface area contributed by atoms with Crippen LogP contribution in [0.1, 0.15) is 22.3 Å². The number of rotatable bonds is 7. The summed E-state index contributed by atoms with van der Waals surface area (Å²) in [4.78, 5) is 0. The molecule has 0 aliphatic carbocycles. The molecule has 0 aliphatic rings. The van der Waals surface area contributed by atoms with Gasteiger partial charge in [0.2, 0.25) is 0 Å². The van der Waals surface area contributed by atoms with Gasteiger partial charge in [0, 0.05) is 30.4 Å². The van der Waals surface area contributed by atoms with Gasteiger partial charge < -0.3 is 26.3 Å². The Hall–Kier alpha value is -3.81. The number of benzene rings is 4. The maximum Gasteiger partial charge on any atom is 0.159 e. The smallest absolute Gasteiger partial charge is 0.159 e. The van der Waals surface area contributed by atoms with E-state index in [0.717, 1.165) is 21.9 Å². The maximum absolute atomic E-state index is 9.08. The van der Waals surface area contributed by atoms with Crippen molar-refractivity contribution in [3.63, 3.8) is 0 Å². The fraction of sp³-hybridized carbons (Fsp3) is 0.156. The summed E-state index contributed by atoms with van der Waals surface area (Å²) in [6.07, 6.45) is 0. The van der Waals surface area contributed by atoms with Crippen molar-refractivity contribution in [3.05, 3.63) is 122 Å². The van der Waals surface area contributed by atoms with Crippen molar-refractivity contribution in [1.82, 2.24) is 10.2 Å². The molecule has 0 unspecified atom stereocenters. The molecule has 0 fully saturated rings. The number of hydrogen-bond acceptors (Lipinski definition) is 8. The summed E-state index contributed by atoms with van der Waals surface area (Å²) in [6.45, 7) is 1.64. The number of nitrogens with zero attached hydrogens (tertiary/aromatic N) is 3. The average molecular weight is 674 g/mol. The van der Waals surface area contributed by atoms with Crippen molar-refractivity contribution in [2.24, 2.45) is 11.5 Å². The molecule has 0 bridgehead atoms. The molecule has 230 valence electrons. The van der Waals surface area contributed by atoms with Gasteiger partial charge in [0.25, 0.3) is 0 Å². The second-order valence-corrected chi connectivity index (χ2v) is 10.1. The number of methoxy groups -OCH3 is 2. The van der Waals surface area contributed by atoms with E-state index < -0.39 is 0 Å². The highest BCUT2D eigenvalue weighted by Crippen LogP contribution is 2.29. The van der Waals surface area contributed by atoms with Crippen molar-refractivity contribution < 1.29 is 9.47 Å². The third kappa shape index (κ3) is 10.4. The number of ether oxygens (including phenoxy) is 2. The zero-order valence-electron chi connectivity index (χ0n) is 24.1. The molecule has 0 radical (unpaired) electrons. The third-order valence-corrected chi connectivity index (χ3v) is 6.97. The van der Waals surface area contributed by atoms with Gasteiger partial charge in [0.15, 0.2) is 11.0 Å². The first-order valence-corrected chi connectivity index (χ1v) is 14.2. The van der Waals surface area contributed by atoms with Crippen LogP contribution >= 0.6 is 47.2 Å². The molecule has 12 heteroatoms. The van der Waals surface area contributed by atoms with Gasteiger partial charge in [-0.15, -0.1) is 22.6 Å². The normalized spacial score (nSPS) is 9.77. The van der Waals surface area contributed by atoms with E-state index in [-0.39, 0.29) is 12.4 Å². The van der Waals surface area contributed by atoms with Crippen LogP contribution in [0.25, 0.3) is 10.8 Å². The van der Waals surface area contributed by atoms with E-state index in [9.17, 15) is 0 Å². The van der Waals surface area contributed by atoms with Gasteiger partial charge in [-0.1, -0.05) is 77.3 Å².